The molecule has 0 aromatic rings. The van der Waals surface area contributed by atoms with Gasteiger partial charge in [0, 0.05) is 5.22 Å². The molecule has 0 saturated carbocycles. The van der Waals surface area contributed by atoms with Gasteiger partial charge in [0.05, 0.1) is 8.07 Å². The van der Waals surface area contributed by atoms with E-state index in [9.17, 15) is 0 Å². The maximum Gasteiger partial charge on any atom is 0.189 e. The van der Waals surface area contributed by atoms with Crippen LogP contribution >= 0.6 is 0 Å². The van der Waals surface area contributed by atoms with Gasteiger partial charge in [-0.2, -0.15) is 0 Å². The molecule has 16 heavy (non-hydrogen) atoms. The van der Waals surface area contributed by atoms with Crippen LogP contribution in [0.25, 0.3) is 0 Å². The average Bonchev–Trinajstić information content (AvgIpc) is 2.13. The predicted molar refractivity (Wildman–Crippen MR) is 80.3 cm³/mol. The molecule has 3 heteroatoms. The average molecular weight is 261 g/mol. The molecule has 2 unspecified atom stereocenters. The third kappa shape index (κ3) is 3.71. The van der Waals surface area contributed by atoms with E-state index in [4.69, 9.17) is 4.43 Å². The van der Waals surface area contributed by atoms with Gasteiger partial charge in [-0.3, -0.25) is 0 Å². The van der Waals surface area contributed by atoms with Gasteiger partial charge in [0.1, 0.15) is 0 Å². The Hall–Kier alpha value is 0.394. The van der Waals surface area contributed by atoms with Crippen LogP contribution in [0.2, 0.25) is 38.3 Å². The molecule has 0 radical (unpaired) electrons. The molecule has 0 aliphatic rings. The van der Waals surface area contributed by atoms with Crippen molar-refractivity contribution in [1.82, 2.24) is 0 Å². The Labute approximate surface area is 105 Å². The monoisotopic (exact) mass is 260 g/mol. The van der Waals surface area contributed by atoms with Gasteiger partial charge in [-0.15, -0.1) is 0 Å². The molecular weight excluding hydrogens is 228 g/mol. The van der Waals surface area contributed by atoms with E-state index in [1.54, 1.807) is 0 Å². The van der Waals surface area contributed by atoms with E-state index < -0.39 is 16.4 Å². The van der Waals surface area contributed by atoms with Gasteiger partial charge in [-0.25, -0.2) is 0 Å². The smallest absolute Gasteiger partial charge is 0.189 e. The molecule has 0 amide bonds. The summed E-state index contributed by atoms with van der Waals surface area (Å²) in [5.41, 5.74) is 0.745. The standard InChI is InChI=1S/C13H32OSi2/c1-10-12(3)16(8,9)14-13(4,11-2)15(5,6)7/h12H,10-11H2,1-9H3. The molecule has 0 spiro atoms. The lowest BCUT2D eigenvalue weighted by Gasteiger charge is -2.47. The minimum absolute atomic E-state index is 0.145. The van der Waals surface area contributed by atoms with E-state index >= 15 is 0 Å². The van der Waals surface area contributed by atoms with Crippen molar-refractivity contribution < 1.29 is 4.43 Å². The van der Waals surface area contributed by atoms with Crippen LogP contribution in [0.15, 0.2) is 0 Å². The van der Waals surface area contributed by atoms with Gasteiger partial charge < -0.3 is 4.43 Å². The molecule has 0 N–H and O–H groups in total. The van der Waals surface area contributed by atoms with Crippen molar-refractivity contribution in [3.8, 4) is 0 Å². The highest BCUT2D eigenvalue weighted by Gasteiger charge is 2.44. The van der Waals surface area contributed by atoms with Crippen molar-refractivity contribution in [2.45, 2.75) is 84.0 Å². The third-order valence-electron chi connectivity index (χ3n) is 4.55. The van der Waals surface area contributed by atoms with E-state index in [1.807, 2.05) is 0 Å². The molecule has 0 rings (SSSR count). The van der Waals surface area contributed by atoms with Crippen molar-refractivity contribution in [2.75, 3.05) is 0 Å². The quantitative estimate of drug-likeness (QED) is 0.607. The van der Waals surface area contributed by atoms with Crippen molar-refractivity contribution in [3.63, 3.8) is 0 Å². The van der Waals surface area contributed by atoms with Gasteiger partial charge in [0.25, 0.3) is 0 Å². The summed E-state index contributed by atoms with van der Waals surface area (Å²) in [4.78, 5) is 0. The Morgan fingerprint density at radius 1 is 1.06 bits per heavy atom. The van der Waals surface area contributed by atoms with Crippen LogP contribution in [0.5, 0.6) is 0 Å². The molecular formula is C13H32OSi2. The predicted octanol–water partition coefficient (Wildman–Crippen LogP) is 5.05. The topological polar surface area (TPSA) is 9.23 Å². The van der Waals surface area contributed by atoms with E-state index in [0.29, 0.717) is 0 Å². The SMILES string of the molecule is CCC(C)[Si](C)(C)OC(C)(CC)[Si](C)(C)C. The first-order chi connectivity index (χ1) is 7.00. The number of hydrogen-bond donors (Lipinski definition) is 0. The van der Waals surface area contributed by atoms with E-state index in [0.717, 1.165) is 12.0 Å². The molecule has 0 bridgehead atoms. The fourth-order valence-electron chi connectivity index (χ4n) is 1.93. The summed E-state index contributed by atoms with van der Waals surface area (Å²) < 4.78 is 6.69. The molecule has 2 atom stereocenters. The fraction of sp³-hybridized carbons (Fsp3) is 1.00. The minimum Gasteiger partial charge on any atom is -0.415 e. The largest absolute Gasteiger partial charge is 0.415 e. The number of rotatable bonds is 6. The van der Waals surface area contributed by atoms with Crippen LogP contribution in [-0.2, 0) is 4.43 Å². The normalized spacial score (nSPS) is 19.3. The van der Waals surface area contributed by atoms with Crippen LogP contribution in [0, 0.1) is 0 Å². The van der Waals surface area contributed by atoms with Crippen LogP contribution in [0.1, 0.15) is 40.5 Å². The first-order valence-electron chi connectivity index (χ1n) is 6.70. The zero-order valence-corrected chi connectivity index (χ0v) is 14.9. The van der Waals surface area contributed by atoms with E-state index in [-0.39, 0.29) is 5.22 Å². The Morgan fingerprint density at radius 3 is 1.75 bits per heavy atom. The molecule has 98 valence electrons. The lowest BCUT2D eigenvalue weighted by atomic mass is 10.3. The highest BCUT2D eigenvalue weighted by molar-refractivity contribution is 6.81. The van der Waals surface area contributed by atoms with Crippen LogP contribution < -0.4 is 0 Å². The first kappa shape index (κ1) is 16.4. The first-order valence-corrected chi connectivity index (χ1v) is 13.2. The van der Waals surface area contributed by atoms with Gasteiger partial charge >= 0.3 is 0 Å². The highest BCUT2D eigenvalue weighted by Crippen LogP contribution is 2.36. The van der Waals surface area contributed by atoms with Crippen molar-refractivity contribution in [2.24, 2.45) is 0 Å². The fourth-order valence-corrected chi connectivity index (χ4v) is 7.49. The summed E-state index contributed by atoms with van der Waals surface area (Å²) >= 11 is 0. The maximum atomic E-state index is 6.69. The third-order valence-corrected chi connectivity index (χ3v) is 12.1. The maximum absolute atomic E-state index is 6.69. The van der Waals surface area contributed by atoms with Crippen LogP contribution in [-0.4, -0.2) is 21.6 Å². The van der Waals surface area contributed by atoms with Crippen LogP contribution in [0.4, 0.5) is 0 Å². The zero-order valence-electron chi connectivity index (χ0n) is 12.9. The molecule has 0 aliphatic heterocycles. The Kier molecular flexibility index (Phi) is 5.49. The zero-order chi connectivity index (χ0) is 13.2. The molecule has 0 aromatic carbocycles. The lowest BCUT2D eigenvalue weighted by Crippen LogP contribution is -2.57. The van der Waals surface area contributed by atoms with Gasteiger partial charge in [0.15, 0.2) is 8.32 Å². The molecule has 1 nitrogen and oxygen atoms in total. The van der Waals surface area contributed by atoms with Crippen LogP contribution in [0.3, 0.4) is 0 Å². The Morgan fingerprint density at radius 2 is 1.50 bits per heavy atom. The van der Waals surface area contributed by atoms with Crippen molar-refractivity contribution >= 4 is 16.4 Å². The summed E-state index contributed by atoms with van der Waals surface area (Å²) in [6.07, 6.45) is 2.39. The van der Waals surface area contributed by atoms with E-state index in [1.165, 1.54) is 6.42 Å². The second kappa shape index (κ2) is 5.36. The van der Waals surface area contributed by atoms with Crippen molar-refractivity contribution in [3.05, 3.63) is 0 Å². The molecule has 0 aliphatic carbocycles. The highest BCUT2D eigenvalue weighted by atomic mass is 28.4. The Balaban J connectivity index is 4.92. The van der Waals surface area contributed by atoms with Gasteiger partial charge in [0.2, 0.25) is 0 Å². The Bertz CT molecular complexity index is 220. The molecule has 0 saturated heterocycles. The van der Waals surface area contributed by atoms with Gasteiger partial charge in [-0.05, 0) is 32.0 Å². The second-order valence-corrected chi connectivity index (χ2v) is 16.8. The number of hydrogen-bond acceptors (Lipinski definition) is 1. The van der Waals surface area contributed by atoms with Gasteiger partial charge in [-0.1, -0.05) is 46.8 Å². The summed E-state index contributed by atoms with van der Waals surface area (Å²) in [6, 6.07) is 0. The molecule has 0 aromatic heterocycles. The summed E-state index contributed by atoms with van der Waals surface area (Å²) in [5, 5.41) is 0.145. The summed E-state index contributed by atoms with van der Waals surface area (Å²) in [5.74, 6) is 0. The summed E-state index contributed by atoms with van der Waals surface area (Å²) in [6.45, 7) is 21.3. The second-order valence-electron chi connectivity index (χ2n) is 6.85. The minimum atomic E-state index is -1.54. The molecule has 0 heterocycles. The lowest BCUT2D eigenvalue weighted by molar-refractivity contribution is 0.145. The summed E-state index contributed by atoms with van der Waals surface area (Å²) in [7, 11) is -2.80. The van der Waals surface area contributed by atoms with E-state index in [2.05, 4.69) is 60.4 Å². The molecule has 0 fully saturated rings. The van der Waals surface area contributed by atoms with Crippen molar-refractivity contribution in [1.29, 1.82) is 0 Å².